The SMILES string of the molecule is Fc1c(F)c(F)c([B-](c2c(F)c(F)c(F)c(F)c2F)(c2c(F)c(F)c(F)c(F)c2F)c2c(F)c(F)c(F)c(F)c2F)c(F)c1F.OCCC=Cc1c[n+](Cc2ccccc2)ccn1. The highest BCUT2D eigenvalue weighted by molar-refractivity contribution is 7.20. The standard InChI is InChI=1S/C24BF20.C15H17N2O/c26-5-1(6(27)14(35)21(42)13(5)34)25(2-7(28)15(36)22(43)16(37)8(2)29,3-9(30)17(38)23(44)18(39)10(3)31)4-11(32)19(40)24(45)20(41)12(4)33;18-11-5-4-8-15-13-17(10-9-16-15)12-14-6-2-1-3-7-14/h;1-4,6-10,13,18H,5,11-12H2/q-1;+1. The van der Waals surface area contributed by atoms with Gasteiger partial charge in [0.15, 0.2) is 88.7 Å². The second-order valence-electron chi connectivity index (χ2n) is 12.9. The van der Waals surface area contributed by atoms with Crippen molar-refractivity contribution in [3.8, 4) is 0 Å². The smallest absolute Gasteiger partial charge is 0.200 e. The monoisotopic (exact) mass is 920 g/mol. The predicted octanol–water partition coefficient (Wildman–Crippen LogP) is 7.66. The first kappa shape index (κ1) is 47.6. The molecule has 5 aromatic carbocycles. The molecule has 0 saturated heterocycles. The van der Waals surface area contributed by atoms with E-state index < -0.39 is 144 Å². The zero-order valence-corrected chi connectivity index (χ0v) is 30.4. The summed E-state index contributed by atoms with van der Waals surface area (Å²) in [5, 5.41) is 8.72. The molecule has 0 saturated carbocycles. The maximum Gasteiger partial charge on any atom is 0.200 e. The van der Waals surface area contributed by atoms with E-state index in [0.717, 1.165) is 12.2 Å². The van der Waals surface area contributed by atoms with E-state index in [1.54, 1.807) is 6.20 Å². The van der Waals surface area contributed by atoms with Crippen LogP contribution < -0.4 is 26.4 Å². The van der Waals surface area contributed by atoms with Gasteiger partial charge in [0.05, 0.1) is 6.20 Å². The van der Waals surface area contributed by atoms with Gasteiger partial charge < -0.3 is 5.11 Å². The number of benzene rings is 5. The molecule has 0 aliphatic rings. The lowest BCUT2D eigenvalue weighted by atomic mass is 9.12. The third-order valence-corrected chi connectivity index (χ3v) is 9.28. The van der Waals surface area contributed by atoms with Crippen molar-refractivity contribution >= 4 is 34.1 Å². The molecule has 0 unspecified atom stereocenters. The lowest BCUT2D eigenvalue weighted by molar-refractivity contribution is -0.689. The van der Waals surface area contributed by atoms with E-state index in [1.807, 2.05) is 42.7 Å². The minimum absolute atomic E-state index is 0.174. The summed E-state index contributed by atoms with van der Waals surface area (Å²) in [6.45, 7) is 1.01. The molecule has 0 amide bonds. The molecule has 1 aromatic heterocycles. The van der Waals surface area contributed by atoms with Gasteiger partial charge in [0.25, 0.3) is 0 Å². The highest BCUT2D eigenvalue weighted by Gasteiger charge is 2.52. The number of hydrogen-bond donors (Lipinski definition) is 1. The van der Waals surface area contributed by atoms with E-state index in [0.29, 0.717) is 6.42 Å². The average Bonchev–Trinajstić information content (AvgIpc) is 3.27. The van der Waals surface area contributed by atoms with Gasteiger partial charge in [-0.25, -0.2) is 92.8 Å². The molecule has 0 radical (unpaired) electrons. The van der Waals surface area contributed by atoms with Crippen LogP contribution in [-0.2, 0) is 6.54 Å². The molecule has 0 spiro atoms. The normalized spacial score (nSPS) is 11.7. The van der Waals surface area contributed by atoms with Crippen LogP contribution in [0.15, 0.2) is 55.0 Å². The molecule has 6 aromatic rings. The van der Waals surface area contributed by atoms with Crippen molar-refractivity contribution in [2.45, 2.75) is 13.0 Å². The van der Waals surface area contributed by atoms with Crippen molar-refractivity contribution in [1.82, 2.24) is 4.98 Å². The van der Waals surface area contributed by atoms with Crippen LogP contribution in [0, 0.1) is 116 Å². The summed E-state index contributed by atoms with van der Waals surface area (Å²) >= 11 is 0. The molecule has 332 valence electrons. The topological polar surface area (TPSA) is 37.0 Å². The van der Waals surface area contributed by atoms with Crippen LogP contribution in [0.2, 0.25) is 0 Å². The Morgan fingerprint density at radius 3 is 1.05 bits per heavy atom. The molecule has 1 heterocycles. The van der Waals surface area contributed by atoms with E-state index in [2.05, 4.69) is 21.7 Å². The van der Waals surface area contributed by atoms with Gasteiger partial charge in [-0.2, -0.15) is 4.57 Å². The fourth-order valence-corrected chi connectivity index (χ4v) is 6.58. The van der Waals surface area contributed by atoms with Crippen molar-refractivity contribution in [1.29, 1.82) is 0 Å². The Bertz CT molecular complexity index is 2410. The van der Waals surface area contributed by atoms with Gasteiger partial charge in [-0.1, -0.05) is 36.4 Å². The highest BCUT2D eigenvalue weighted by Crippen LogP contribution is 2.30. The van der Waals surface area contributed by atoms with Crippen LogP contribution in [0.3, 0.4) is 0 Å². The number of aliphatic hydroxyl groups excluding tert-OH is 1. The molecular weight excluding hydrogens is 903 g/mol. The average molecular weight is 920 g/mol. The molecule has 24 heteroatoms. The zero-order valence-electron chi connectivity index (χ0n) is 30.4. The fourth-order valence-electron chi connectivity index (χ4n) is 6.58. The number of rotatable bonds is 9. The van der Waals surface area contributed by atoms with E-state index in [-0.39, 0.29) is 6.61 Å². The van der Waals surface area contributed by atoms with Crippen LogP contribution in [-0.4, -0.2) is 22.8 Å². The van der Waals surface area contributed by atoms with Gasteiger partial charge >= 0.3 is 0 Å². The van der Waals surface area contributed by atoms with Crippen LogP contribution in [0.25, 0.3) is 6.08 Å². The molecule has 3 nitrogen and oxygen atoms in total. The van der Waals surface area contributed by atoms with Crippen molar-refractivity contribution in [2.75, 3.05) is 6.61 Å². The van der Waals surface area contributed by atoms with Crippen LogP contribution in [0.1, 0.15) is 17.7 Å². The van der Waals surface area contributed by atoms with Crippen LogP contribution >= 0.6 is 0 Å². The maximum absolute atomic E-state index is 15.4. The van der Waals surface area contributed by atoms with Gasteiger partial charge in [0.2, 0.25) is 0 Å². The Labute approximate surface area is 338 Å². The number of aromatic nitrogens is 2. The number of hydrogen-bond acceptors (Lipinski definition) is 2. The van der Waals surface area contributed by atoms with Crippen molar-refractivity contribution in [2.24, 2.45) is 0 Å². The number of nitrogens with zero attached hydrogens (tertiary/aromatic N) is 2. The first-order valence-corrected chi connectivity index (χ1v) is 17.0. The number of aliphatic hydroxyl groups is 1. The quantitative estimate of drug-likeness (QED) is 0.0533. The van der Waals surface area contributed by atoms with Gasteiger partial charge in [0.1, 0.15) is 58.4 Å². The maximum atomic E-state index is 15.4. The van der Waals surface area contributed by atoms with Gasteiger partial charge in [-0.15, -0.1) is 21.9 Å². The summed E-state index contributed by atoms with van der Waals surface area (Å²) in [4.78, 5) is 4.26. The minimum Gasteiger partial charge on any atom is -0.396 e. The summed E-state index contributed by atoms with van der Waals surface area (Å²) in [7, 11) is 0. The Morgan fingerprint density at radius 1 is 0.444 bits per heavy atom. The lowest BCUT2D eigenvalue weighted by Gasteiger charge is -2.44. The highest BCUT2D eigenvalue weighted by atomic mass is 19.2. The minimum atomic E-state index is -7.22. The Balaban J connectivity index is 0.000000345. The Kier molecular flexibility index (Phi) is 14.0. The molecule has 6 rings (SSSR count). The van der Waals surface area contributed by atoms with Crippen LogP contribution in [0.5, 0.6) is 0 Å². The summed E-state index contributed by atoms with van der Waals surface area (Å²) in [6.07, 6.45) is 3.05. The summed E-state index contributed by atoms with van der Waals surface area (Å²) < 4.78 is 296. The molecule has 0 atom stereocenters. The van der Waals surface area contributed by atoms with Crippen molar-refractivity contribution in [3.63, 3.8) is 0 Å². The largest absolute Gasteiger partial charge is 0.396 e. The Morgan fingerprint density at radius 2 is 0.746 bits per heavy atom. The van der Waals surface area contributed by atoms with Gasteiger partial charge in [-0.3, -0.25) is 0 Å². The van der Waals surface area contributed by atoms with E-state index in [1.165, 1.54) is 5.56 Å². The summed E-state index contributed by atoms with van der Waals surface area (Å²) in [5.74, 6) is -71.4. The van der Waals surface area contributed by atoms with Crippen molar-refractivity contribution < 1.29 is 97.5 Å². The van der Waals surface area contributed by atoms with E-state index in [4.69, 9.17) is 5.11 Å². The number of halogens is 20. The van der Waals surface area contributed by atoms with Crippen LogP contribution in [0.4, 0.5) is 87.8 Å². The molecule has 0 fully saturated rings. The molecule has 0 bridgehead atoms. The molecule has 1 N–H and O–H groups in total. The van der Waals surface area contributed by atoms with E-state index in [9.17, 15) is 52.7 Å². The Hall–Kier alpha value is -6.46. The third kappa shape index (κ3) is 8.06. The van der Waals surface area contributed by atoms with E-state index >= 15 is 35.1 Å². The fraction of sp³-hybridized carbons (Fsp3) is 0.0769. The van der Waals surface area contributed by atoms with Crippen molar-refractivity contribution in [3.05, 3.63) is 183 Å². The molecule has 0 aliphatic heterocycles. The molecule has 0 aliphatic carbocycles. The third-order valence-electron chi connectivity index (χ3n) is 9.28. The molecule has 63 heavy (non-hydrogen) atoms. The second-order valence-corrected chi connectivity index (χ2v) is 12.9. The zero-order chi connectivity index (χ0) is 47.0. The van der Waals surface area contributed by atoms with Gasteiger partial charge in [0, 0.05) is 12.2 Å². The second kappa shape index (κ2) is 18.5. The first-order chi connectivity index (χ1) is 29.6. The summed E-state index contributed by atoms with van der Waals surface area (Å²) in [6, 6.07) is 10.3. The molecular formula is C39H17BF20N2O. The lowest BCUT2D eigenvalue weighted by Crippen LogP contribution is -2.81. The predicted molar refractivity (Wildman–Crippen MR) is 180 cm³/mol. The van der Waals surface area contributed by atoms with Gasteiger partial charge in [-0.05, 0) is 12.5 Å². The first-order valence-electron chi connectivity index (χ1n) is 17.0. The summed E-state index contributed by atoms with van der Waals surface area (Å²) in [5.41, 5.74) is -12.2.